The van der Waals surface area contributed by atoms with Crippen molar-refractivity contribution in [2.45, 2.75) is 13.5 Å². The number of nitro groups is 1. The number of nitrogens with zero attached hydrogens (tertiary/aromatic N) is 3. The van der Waals surface area contributed by atoms with Crippen LogP contribution in [0.2, 0.25) is 5.15 Å². The lowest BCUT2D eigenvalue weighted by molar-refractivity contribution is -0.385. The van der Waals surface area contributed by atoms with E-state index in [1.807, 2.05) is 0 Å². The third kappa shape index (κ3) is 2.97. The summed E-state index contributed by atoms with van der Waals surface area (Å²) in [5, 5.41) is 11.2. The second kappa shape index (κ2) is 5.19. The van der Waals surface area contributed by atoms with E-state index >= 15 is 0 Å². The normalized spacial score (nSPS) is 10.4. The Balaban J connectivity index is 2.43. The molecule has 2 aromatic rings. The fourth-order valence-electron chi connectivity index (χ4n) is 1.71. The Morgan fingerprint density at radius 1 is 1.47 bits per heavy atom. The van der Waals surface area contributed by atoms with Crippen molar-refractivity contribution in [2.75, 3.05) is 0 Å². The van der Waals surface area contributed by atoms with Gasteiger partial charge in [-0.2, -0.15) is 0 Å². The molecule has 0 spiro atoms. The van der Waals surface area contributed by atoms with Crippen LogP contribution in [0.1, 0.15) is 11.1 Å². The summed E-state index contributed by atoms with van der Waals surface area (Å²) >= 11 is 5.75. The van der Waals surface area contributed by atoms with Crippen molar-refractivity contribution in [2.24, 2.45) is 0 Å². The Labute approximate surface area is 113 Å². The van der Waals surface area contributed by atoms with Crippen molar-refractivity contribution in [1.29, 1.82) is 0 Å². The Kier molecular flexibility index (Phi) is 3.62. The van der Waals surface area contributed by atoms with Crippen LogP contribution >= 0.6 is 11.6 Å². The van der Waals surface area contributed by atoms with Gasteiger partial charge in [-0.25, -0.2) is 4.98 Å². The standard InChI is InChI=1S/C12H10ClN3O3/c1-8-4-12(17)15(7-10(8)16(18)19)6-9-2-3-14-11(13)5-9/h2-5,7H,6H2,1H3. The monoisotopic (exact) mass is 279 g/mol. The maximum atomic E-state index is 11.8. The molecule has 2 heterocycles. The zero-order valence-electron chi connectivity index (χ0n) is 10.0. The minimum Gasteiger partial charge on any atom is -0.304 e. The van der Waals surface area contributed by atoms with Crippen LogP contribution < -0.4 is 5.56 Å². The van der Waals surface area contributed by atoms with E-state index in [2.05, 4.69) is 4.98 Å². The van der Waals surface area contributed by atoms with E-state index in [1.54, 1.807) is 12.1 Å². The Bertz CT molecular complexity index is 697. The zero-order chi connectivity index (χ0) is 14.0. The van der Waals surface area contributed by atoms with Gasteiger partial charge in [-0.05, 0) is 24.6 Å². The van der Waals surface area contributed by atoms with Crippen LogP contribution in [-0.4, -0.2) is 14.5 Å². The molecule has 0 bridgehead atoms. The molecule has 0 aliphatic heterocycles. The third-order valence-electron chi connectivity index (χ3n) is 2.65. The van der Waals surface area contributed by atoms with E-state index in [1.165, 1.54) is 30.0 Å². The van der Waals surface area contributed by atoms with E-state index in [0.29, 0.717) is 10.7 Å². The zero-order valence-corrected chi connectivity index (χ0v) is 10.8. The second-order valence-electron chi connectivity index (χ2n) is 4.05. The number of aromatic nitrogens is 2. The van der Waals surface area contributed by atoms with Gasteiger partial charge >= 0.3 is 0 Å². The van der Waals surface area contributed by atoms with Gasteiger partial charge in [-0.1, -0.05) is 11.6 Å². The fourth-order valence-corrected chi connectivity index (χ4v) is 1.90. The maximum Gasteiger partial charge on any atom is 0.288 e. The molecule has 0 N–H and O–H groups in total. The highest BCUT2D eigenvalue weighted by Gasteiger charge is 2.13. The van der Waals surface area contributed by atoms with E-state index in [-0.39, 0.29) is 17.8 Å². The summed E-state index contributed by atoms with van der Waals surface area (Å²) in [7, 11) is 0. The van der Waals surface area contributed by atoms with Crippen molar-refractivity contribution in [3.8, 4) is 0 Å². The summed E-state index contributed by atoms with van der Waals surface area (Å²) in [6.07, 6.45) is 2.76. The molecule has 0 aliphatic rings. The number of pyridine rings is 2. The highest BCUT2D eigenvalue weighted by atomic mass is 35.5. The predicted molar refractivity (Wildman–Crippen MR) is 70.4 cm³/mol. The van der Waals surface area contributed by atoms with Crippen LogP contribution in [0.5, 0.6) is 0 Å². The van der Waals surface area contributed by atoms with Crippen LogP contribution in [0, 0.1) is 17.0 Å². The number of halogens is 1. The van der Waals surface area contributed by atoms with Crippen LogP contribution in [0.15, 0.2) is 35.4 Å². The molecule has 98 valence electrons. The number of aryl methyl sites for hydroxylation is 1. The Hall–Kier alpha value is -2.21. The Morgan fingerprint density at radius 3 is 2.84 bits per heavy atom. The number of hydrogen-bond donors (Lipinski definition) is 0. The number of hydrogen-bond acceptors (Lipinski definition) is 4. The first-order chi connectivity index (χ1) is 8.97. The molecular weight excluding hydrogens is 270 g/mol. The molecule has 7 heteroatoms. The van der Waals surface area contributed by atoms with Crippen molar-refractivity contribution < 1.29 is 4.92 Å². The van der Waals surface area contributed by atoms with E-state index in [9.17, 15) is 14.9 Å². The molecule has 19 heavy (non-hydrogen) atoms. The summed E-state index contributed by atoms with van der Waals surface area (Å²) in [6, 6.07) is 4.56. The summed E-state index contributed by atoms with van der Waals surface area (Å²) in [6.45, 7) is 1.75. The summed E-state index contributed by atoms with van der Waals surface area (Å²) < 4.78 is 1.27. The van der Waals surface area contributed by atoms with Gasteiger partial charge in [0.05, 0.1) is 17.7 Å². The first kappa shape index (κ1) is 13.2. The third-order valence-corrected chi connectivity index (χ3v) is 2.85. The van der Waals surface area contributed by atoms with E-state index in [4.69, 9.17) is 11.6 Å². The highest BCUT2D eigenvalue weighted by molar-refractivity contribution is 6.29. The first-order valence-electron chi connectivity index (χ1n) is 5.43. The first-order valence-corrected chi connectivity index (χ1v) is 5.81. The topological polar surface area (TPSA) is 78.0 Å². The van der Waals surface area contributed by atoms with Crippen LogP contribution in [0.25, 0.3) is 0 Å². The number of rotatable bonds is 3. The van der Waals surface area contributed by atoms with Crippen LogP contribution in [0.4, 0.5) is 5.69 Å². The van der Waals surface area contributed by atoms with Gasteiger partial charge in [-0.3, -0.25) is 14.9 Å². The van der Waals surface area contributed by atoms with Gasteiger partial charge in [0.25, 0.3) is 11.2 Å². The molecule has 0 fully saturated rings. The molecule has 2 aromatic heterocycles. The summed E-state index contributed by atoms with van der Waals surface area (Å²) in [4.78, 5) is 26.0. The molecule has 0 radical (unpaired) electrons. The average Bonchev–Trinajstić information content (AvgIpc) is 2.32. The van der Waals surface area contributed by atoms with Gasteiger partial charge in [-0.15, -0.1) is 0 Å². The molecule has 0 aromatic carbocycles. The minimum absolute atomic E-state index is 0.0836. The molecule has 0 saturated carbocycles. The summed E-state index contributed by atoms with van der Waals surface area (Å²) in [5.41, 5.74) is 0.718. The quantitative estimate of drug-likeness (QED) is 0.490. The van der Waals surface area contributed by atoms with Gasteiger partial charge in [0.1, 0.15) is 5.15 Å². The molecule has 0 saturated heterocycles. The fraction of sp³-hybridized carbons (Fsp3) is 0.167. The van der Waals surface area contributed by atoms with Crippen LogP contribution in [-0.2, 0) is 6.54 Å². The largest absolute Gasteiger partial charge is 0.304 e. The van der Waals surface area contributed by atoms with Crippen LogP contribution in [0.3, 0.4) is 0 Å². The molecule has 0 atom stereocenters. The SMILES string of the molecule is Cc1cc(=O)n(Cc2ccnc(Cl)c2)cc1[N+](=O)[O-]. The smallest absolute Gasteiger partial charge is 0.288 e. The van der Waals surface area contributed by atoms with Gasteiger partial charge in [0.2, 0.25) is 0 Å². The van der Waals surface area contributed by atoms with Crippen molar-refractivity contribution in [1.82, 2.24) is 9.55 Å². The molecule has 2 rings (SSSR count). The van der Waals surface area contributed by atoms with Gasteiger partial charge in [0, 0.05) is 17.8 Å². The van der Waals surface area contributed by atoms with Gasteiger partial charge in [0.15, 0.2) is 0 Å². The lowest BCUT2D eigenvalue weighted by atomic mass is 10.2. The Morgan fingerprint density at radius 2 is 2.21 bits per heavy atom. The van der Waals surface area contributed by atoms with Crippen molar-refractivity contribution in [3.63, 3.8) is 0 Å². The second-order valence-corrected chi connectivity index (χ2v) is 4.44. The van der Waals surface area contributed by atoms with Gasteiger partial charge < -0.3 is 4.57 Å². The molecule has 0 aliphatic carbocycles. The average molecular weight is 280 g/mol. The lowest BCUT2D eigenvalue weighted by Crippen LogP contribution is -2.20. The predicted octanol–water partition coefficient (Wildman–Crippen LogP) is 2.16. The van der Waals surface area contributed by atoms with E-state index < -0.39 is 4.92 Å². The molecule has 0 unspecified atom stereocenters. The molecule has 0 amide bonds. The van der Waals surface area contributed by atoms with Crippen molar-refractivity contribution in [3.05, 3.63) is 67.3 Å². The summed E-state index contributed by atoms with van der Waals surface area (Å²) in [5.74, 6) is 0. The van der Waals surface area contributed by atoms with E-state index in [0.717, 1.165) is 5.56 Å². The van der Waals surface area contributed by atoms with Crippen molar-refractivity contribution >= 4 is 17.3 Å². The lowest BCUT2D eigenvalue weighted by Gasteiger charge is -2.06. The maximum absolute atomic E-state index is 11.8. The highest BCUT2D eigenvalue weighted by Crippen LogP contribution is 2.15. The molecule has 6 nitrogen and oxygen atoms in total. The molecular formula is C12H10ClN3O3. The minimum atomic E-state index is -0.509.